The van der Waals surface area contributed by atoms with Crippen LogP contribution in [0.25, 0.3) is 11.0 Å². The summed E-state index contributed by atoms with van der Waals surface area (Å²) < 4.78 is 46.1. The highest BCUT2D eigenvalue weighted by Crippen LogP contribution is 2.31. The minimum atomic E-state index is -4.65. The molecule has 1 aromatic carbocycles. The van der Waals surface area contributed by atoms with Crippen LogP contribution in [0, 0.1) is 5.92 Å². The third-order valence-corrected chi connectivity index (χ3v) is 6.07. The molecule has 3 amide bonds. The van der Waals surface area contributed by atoms with E-state index in [0.29, 0.717) is 42.3 Å². The molecule has 1 aromatic heterocycles. The van der Waals surface area contributed by atoms with Gasteiger partial charge in [0.2, 0.25) is 5.91 Å². The van der Waals surface area contributed by atoms with E-state index in [4.69, 9.17) is 16.0 Å². The van der Waals surface area contributed by atoms with Gasteiger partial charge in [-0.15, -0.1) is 13.2 Å². The minimum Gasteiger partial charge on any atom is -0.459 e. The second-order valence-corrected chi connectivity index (χ2v) is 8.61. The van der Waals surface area contributed by atoms with E-state index >= 15 is 0 Å². The molecule has 0 bridgehead atoms. The summed E-state index contributed by atoms with van der Waals surface area (Å²) in [6.45, 7) is 1.07. The van der Waals surface area contributed by atoms with Gasteiger partial charge in [0.15, 0.2) is 0 Å². The number of hydrogen-bond donors (Lipinski definition) is 2. The Morgan fingerprint density at radius 3 is 2.59 bits per heavy atom. The van der Waals surface area contributed by atoms with E-state index in [1.165, 1.54) is 0 Å². The highest BCUT2D eigenvalue weighted by Gasteiger charge is 2.41. The molecule has 11 heteroatoms. The predicted molar refractivity (Wildman–Crippen MR) is 110 cm³/mol. The van der Waals surface area contributed by atoms with Gasteiger partial charge in [-0.3, -0.25) is 9.53 Å². The number of alkyl halides is 3. The summed E-state index contributed by atoms with van der Waals surface area (Å²) in [7, 11) is 0. The van der Waals surface area contributed by atoms with E-state index in [1.54, 1.807) is 23.1 Å². The van der Waals surface area contributed by atoms with Gasteiger partial charge < -0.3 is 20.0 Å². The molecule has 1 saturated carbocycles. The molecule has 2 fully saturated rings. The summed E-state index contributed by atoms with van der Waals surface area (Å²) in [5.74, 6) is 0.168. The number of piperidine rings is 1. The SMILES string of the molecule is O=C(N[C@H]1C[C@@H](OC(F)(F)F)C1)C1CCN(C(=O)NCc2cc3cc(Cl)ccc3o2)CC1. The quantitative estimate of drug-likeness (QED) is 0.682. The van der Waals surface area contributed by atoms with Gasteiger partial charge in [0.25, 0.3) is 0 Å². The van der Waals surface area contributed by atoms with Gasteiger partial charge in [-0.2, -0.15) is 0 Å². The lowest BCUT2D eigenvalue weighted by molar-refractivity contribution is -0.351. The summed E-state index contributed by atoms with van der Waals surface area (Å²) >= 11 is 5.97. The molecule has 1 saturated heterocycles. The van der Waals surface area contributed by atoms with Crippen molar-refractivity contribution in [1.29, 1.82) is 0 Å². The molecule has 0 spiro atoms. The number of furan rings is 1. The van der Waals surface area contributed by atoms with E-state index in [9.17, 15) is 22.8 Å². The Labute approximate surface area is 187 Å². The number of amides is 3. The number of likely N-dealkylation sites (tertiary alicyclic amines) is 1. The first-order valence-corrected chi connectivity index (χ1v) is 10.8. The van der Waals surface area contributed by atoms with E-state index in [1.807, 2.05) is 6.07 Å². The number of benzene rings is 1. The number of urea groups is 1. The monoisotopic (exact) mass is 473 g/mol. The van der Waals surface area contributed by atoms with E-state index < -0.39 is 12.5 Å². The van der Waals surface area contributed by atoms with Gasteiger partial charge in [-0.05, 0) is 49.9 Å². The number of nitrogens with zero attached hydrogens (tertiary/aromatic N) is 1. The first-order chi connectivity index (χ1) is 15.2. The summed E-state index contributed by atoms with van der Waals surface area (Å²) in [6.07, 6.45) is -4.24. The fraction of sp³-hybridized carbons (Fsp3) is 0.524. The number of carbonyl (C=O) groups excluding carboxylic acids is 2. The van der Waals surface area contributed by atoms with Crippen LogP contribution in [0.4, 0.5) is 18.0 Å². The number of carbonyl (C=O) groups is 2. The lowest BCUT2D eigenvalue weighted by Gasteiger charge is -2.37. The second kappa shape index (κ2) is 9.19. The van der Waals surface area contributed by atoms with Crippen molar-refractivity contribution in [3.05, 3.63) is 35.0 Å². The molecule has 2 N–H and O–H groups in total. The highest BCUT2D eigenvalue weighted by molar-refractivity contribution is 6.31. The predicted octanol–water partition coefficient (Wildman–Crippen LogP) is 4.19. The fourth-order valence-electron chi connectivity index (χ4n) is 4.06. The average molecular weight is 474 g/mol. The van der Waals surface area contributed by atoms with Gasteiger partial charge >= 0.3 is 12.4 Å². The van der Waals surface area contributed by atoms with Crippen molar-refractivity contribution in [3.8, 4) is 0 Å². The van der Waals surface area contributed by atoms with Crippen molar-refractivity contribution < 1.29 is 31.9 Å². The van der Waals surface area contributed by atoms with E-state index in [-0.39, 0.29) is 43.3 Å². The largest absolute Gasteiger partial charge is 0.522 e. The zero-order valence-electron chi connectivity index (χ0n) is 17.1. The van der Waals surface area contributed by atoms with Crippen molar-refractivity contribution in [1.82, 2.24) is 15.5 Å². The van der Waals surface area contributed by atoms with Gasteiger partial charge in [0.05, 0.1) is 12.6 Å². The molecule has 7 nitrogen and oxygen atoms in total. The molecule has 2 aliphatic rings. The number of ether oxygens (including phenoxy) is 1. The molecule has 2 heterocycles. The van der Waals surface area contributed by atoms with Crippen molar-refractivity contribution in [3.63, 3.8) is 0 Å². The Hall–Kier alpha value is -2.46. The second-order valence-electron chi connectivity index (χ2n) is 8.18. The maximum absolute atomic E-state index is 12.4. The number of rotatable bonds is 5. The van der Waals surface area contributed by atoms with Crippen LogP contribution >= 0.6 is 11.6 Å². The number of nitrogens with one attached hydrogen (secondary N) is 2. The molecule has 174 valence electrons. The Balaban J connectivity index is 1.17. The molecular formula is C21H23ClF3N3O4. The van der Waals surface area contributed by atoms with Gasteiger partial charge in [0.1, 0.15) is 11.3 Å². The maximum atomic E-state index is 12.4. The molecule has 32 heavy (non-hydrogen) atoms. The van der Waals surface area contributed by atoms with Crippen LogP contribution in [0.1, 0.15) is 31.4 Å². The lowest BCUT2D eigenvalue weighted by Crippen LogP contribution is -2.52. The van der Waals surface area contributed by atoms with Crippen molar-refractivity contribution in [2.24, 2.45) is 5.92 Å². The normalized spacial score (nSPS) is 21.9. The smallest absolute Gasteiger partial charge is 0.459 e. The molecule has 1 aliphatic carbocycles. The first-order valence-electron chi connectivity index (χ1n) is 10.4. The Morgan fingerprint density at radius 2 is 1.91 bits per heavy atom. The number of halogens is 4. The van der Waals surface area contributed by atoms with Crippen molar-refractivity contribution in [2.45, 2.75) is 50.7 Å². The molecule has 0 radical (unpaired) electrons. The average Bonchev–Trinajstić information content (AvgIpc) is 3.11. The van der Waals surface area contributed by atoms with Crippen LogP contribution in [0.2, 0.25) is 5.02 Å². The summed E-state index contributed by atoms with van der Waals surface area (Å²) in [6, 6.07) is 6.57. The minimum absolute atomic E-state index is 0.153. The molecular weight excluding hydrogens is 451 g/mol. The van der Waals surface area contributed by atoms with Crippen LogP contribution < -0.4 is 10.6 Å². The molecule has 1 aliphatic heterocycles. The Morgan fingerprint density at radius 1 is 1.19 bits per heavy atom. The van der Waals surface area contributed by atoms with Crippen molar-refractivity contribution in [2.75, 3.05) is 13.1 Å². The zero-order chi connectivity index (χ0) is 22.9. The van der Waals surface area contributed by atoms with Crippen molar-refractivity contribution >= 4 is 34.5 Å². The zero-order valence-corrected chi connectivity index (χ0v) is 17.8. The lowest BCUT2D eigenvalue weighted by atomic mass is 9.88. The third-order valence-electron chi connectivity index (χ3n) is 5.84. The number of fused-ring (bicyclic) bond motifs is 1. The van der Waals surface area contributed by atoms with Gasteiger partial charge in [-0.25, -0.2) is 4.79 Å². The first kappa shape index (κ1) is 22.7. The highest BCUT2D eigenvalue weighted by atomic mass is 35.5. The van der Waals surface area contributed by atoms with Crippen LogP contribution in [0.5, 0.6) is 0 Å². The van der Waals surface area contributed by atoms with Crippen LogP contribution in [0.3, 0.4) is 0 Å². The van der Waals surface area contributed by atoms with Crippen LogP contribution in [0.15, 0.2) is 28.7 Å². The standard InChI is InChI=1S/C21H23ClF3N3O4/c22-14-1-2-18-13(7-14)8-17(31-18)11-26-20(30)28-5-3-12(4-6-28)19(29)27-15-9-16(10-15)32-21(23,24)25/h1-2,7-8,12,15-16H,3-6,9-11H2,(H,26,30)(H,27,29)/t15-,16+. The maximum Gasteiger partial charge on any atom is 0.522 e. The summed E-state index contributed by atoms with van der Waals surface area (Å²) in [5.41, 5.74) is 0.688. The fourth-order valence-corrected chi connectivity index (χ4v) is 4.24. The molecule has 0 unspecified atom stereocenters. The topological polar surface area (TPSA) is 83.8 Å². The van der Waals surface area contributed by atoms with E-state index in [2.05, 4.69) is 15.4 Å². The number of hydrogen-bond acceptors (Lipinski definition) is 4. The molecule has 2 aromatic rings. The Kier molecular flexibility index (Phi) is 6.52. The van der Waals surface area contributed by atoms with Gasteiger partial charge in [-0.1, -0.05) is 11.6 Å². The summed E-state index contributed by atoms with van der Waals surface area (Å²) in [4.78, 5) is 26.5. The summed E-state index contributed by atoms with van der Waals surface area (Å²) in [5, 5.41) is 7.06. The van der Waals surface area contributed by atoms with Crippen LogP contribution in [-0.4, -0.2) is 48.4 Å². The van der Waals surface area contributed by atoms with Gasteiger partial charge in [0, 0.05) is 35.5 Å². The van der Waals surface area contributed by atoms with Crippen LogP contribution in [-0.2, 0) is 16.1 Å². The third kappa shape index (κ3) is 5.66. The Bertz CT molecular complexity index is 982. The molecule has 4 rings (SSSR count). The van der Waals surface area contributed by atoms with E-state index in [0.717, 1.165) is 5.39 Å². The molecule has 0 atom stereocenters.